The number of aliphatic imine (C=N–C) groups is 1. The first-order valence-corrected chi connectivity index (χ1v) is 10.3. The highest BCUT2D eigenvalue weighted by Gasteiger charge is 2.11. The molecule has 136 valence electrons. The SMILES string of the molecule is Cc1cc(-n2[nH]c(C)c(C=Nc3ccc(SC#N)cc3Br)c2=O)ccc1Br. The Labute approximate surface area is 177 Å². The molecule has 1 aromatic heterocycles. The van der Waals surface area contributed by atoms with Crippen LogP contribution in [0.1, 0.15) is 16.8 Å². The lowest BCUT2D eigenvalue weighted by Crippen LogP contribution is -2.17. The van der Waals surface area contributed by atoms with E-state index >= 15 is 0 Å². The van der Waals surface area contributed by atoms with Crippen LogP contribution in [0.3, 0.4) is 0 Å². The van der Waals surface area contributed by atoms with Gasteiger partial charge in [0, 0.05) is 25.7 Å². The van der Waals surface area contributed by atoms with E-state index in [4.69, 9.17) is 5.26 Å². The molecule has 0 aliphatic heterocycles. The van der Waals surface area contributed by atoms with Gasteiger partial charge in [0.1, 0.15) is 5.40 Å². The van der Waals surface area contributed by atoms with Crippen molar-refractivity contribution in [2.75, 3.05) is 0 Å². The summed E-state index contributed by atoms with van der Waals surface area (Å²) in [7, 11) is 0. The molecule has 27 heavy (non-hydrogen) atoms. The van der Waals surface area contributed by atoms with Crippen LogP contribution in [0.2, 0.25) is 0 Å². The van der Waals surface area contributed by atoms with Crippen molar-refractivity contribution in [1.29, 1.82) is 5.26 Å². The highest BCUT2D eigenvalue weighted by molar-refractivity contribution is 9.10. The first-order valence-electron chi connectivity index (χ1n) is 7.88. The zero-order chi connectivity index (χ0) is 19.6. The molecule has 0 atom stereocenters. The lowest BCUT2D eigenvalue weighted by atomic mass is 10.2. The van der Waals surface area contributed by atoms with Crippen molar-refractivity contribution in [3.63, 3.8) is 0 Å². The summed E-state index contributed by atoms with van der Waals surface area (Å²) in [5.74, 6) is 0. The fraction of sp³-hybridized carbons (Fsp3) is 0.105. The highest BCUT2D eigenvalue weighted by atomic mass is 79.9. The summed E-state index contributed by atoms with van der Waals surface area (Å²) < 4.78 is 3.26. The molecule has 2 aromatic carbocycles. The van der Waals surface area contributed by atoms with Crippen LogP contribution in [-0.2, 0) is 0 Å². The molecule has 0 aliphatic rings. The third-order valence-corrected chi connectivity index (χ3v) is 6.04. The second kappa shape index (κ2) is 8.30. The molecule has 0 aliphatic carbocycles. The number of halogens is 2. The maximum absolute atomic E-state index is 12.8. The van der Waals surface area contributed by atoms with Crippen molar-refractivity contribution >= 4 is 55.5 Å². The minimum absolute atomic E-state index is 0.161. The predicted octanol–water partition coefficient (Wildman–Crippen LogP) is 5.63. The van der Waals surface area contributed by atoms with Gasteiger partial charge in [-0.15, -0.1) is 0 Å². The van der Waals surface area contributed by atoms with Gasteiger partial charge in [0.25, 0.3) is 5.56 Å². The van der Waals surface area contributed by atoms with E-state index in [0.29, 0.717) is 11.3 Å². The van der Waals surface area contributed by atoms with E-state index < -0.39 is 0 Å². The van der Waals surface area contributed by atoms with Gasteiger partial charge in [0.2, 0.25) is 0 Å². The number of aromatic amines is 1. The van der Waals surface area contributed by atoms with E-state index in [9.17, 15) is 4.79 Å². The Kier molecular flexibility index (Phi) is 6.05. The van der Waals surface area contributed by atoms with Crippen molar-refractivity contribution in [3.05, 3.63) is 72.5 Å². The third kappa shape index (κ3) is 4.26. The Hall–Kier alpha value is -2.08. The van der Waals surface area contributed by atoms with Gasteiger partial charge in [0.05, 0.1) is 16.9 Å². The van der Waals surface area contributed by atoms with Gasteiger partial charge in [-0.3, -0.25) is 14.9 Å². The standard InChI is InChI=1S/C19H14Br2N4OS/c1-11-7-13(3-5-16(11)20)25-19(26)15(12(2)24-25)9-23-18-6-4-14(27-10-22)8-17(18)21/h3-9,24H,1-2H3. The topological polar surface area (TPSA) is 73.9 Å². The summed E-state index contributed by atoms with van der Waals surface area (Å²) in [5, 5.41) is 13.9. The fourth-order valence-electron chi connectivity index (χ4n) is 2.50. The number of aryl methyl sites for hydroxylation is 2. The molecule has 0 saturated heterocycles. The van der Waals surface area contributed by atoms with Gasteiger partial charge < -0.3 is 0 Å². The number of nitrogens with zero attached hydrogens (tertiary/aromatic N) is 3. The third-order valence-electron chi connectivity index (χ3n) is 3.93. The zero-order valence-corrected chi connectivity index (χ0v) is 18.4. The first-order chi connectivity index (χ1) is 12.9. The van der Waals surface area contributed by atoms with Crippen LogP contribution in [0.4, 0.5) is 5.69 Å². The summed E-state index contributed by atoms with van der Waals surface area (Å²) in [5.41, 5.74) is 3.56. The molecule has 8 heteroatoms. The largest absolute Gasteiger partial charge is 0.295 e. The first kappa shape index (κ1) is 19.7. The van der Waals surface area contributed by atoms with Gasteiger partial charge in [-0.2, -0.15) is 5.26 Å². The number of hydrogen-bond acceptors (Lipinski definition) is 4. The Morgan fingerprint density at radius 1 is 1.19 bits per heavy atom. The van der Waals surface area contributed by atoms with Crippen LogP contribution in [0, 0.1) is 24.5 Å². The number of thioether (sulfide) groups is 1. The summed E-state index contributed by atoms with van der Waals surface area (Å²) in [6, 6.07) is 11.2. The lowest BCUT2D eigenvalue weighted by molar-refractivity contribution is 0.834. The average Bonchev–Trinajstić information content (AvgIpc) is 2.91. The second-order valence-corrected chi connectivity index (χ2v) is 8.36. The van der Waals surface area contributed by atoms with E-state index in [0.717, 1.165) is 42.5 Å². The highest BCUT2D eigenvalue weighted by Crippen LogP contribution is 2.30. The summed E-state index contributed by atoms with van der Waals surface area (Å²) in [6.45, 7) is 3.81. The molecule has 3 rings (SSSR count). The zero-order valence-electron chi connectivity index (χ0n) is 14.5. The van der Waals surface area contributed by atoms with Gasteiger partial charge in [-0.05, 0) is 83.5 Å². The number of nitrogens with one attached hydrogen (secondary N) is 1. The number of H-pyrrole nitrogens is 1. The summed E-state index contributed by atoms with van der Waals surface area (Å²) in [4.78, 5) is 18.1. The maximum Gasteiger partial charge on any atom is 0.280 e. The van der Waals surface area contributed by atoms with Gasteiger partial charge in [-0.25, -0.2) is 4.68 Å². The molecule has 0 fully saturated rings. The van der Waals surface area contributed by atoms with Crippen LogP contribution in [0.15, 0.2) is 60.0 Å². The van der Waals surface area contributed by atoms with Gasteiger partial charge in [0.15, 0.2) is 0 Å². The molecule has 0 bridgehead atoms. The Bertz CT molecular complexity index is 1140. The van der Waals surface area contributed by atoms with E-state index in [-0.39, 0.29) is 5.56 Å². The van der Waals surface area contributed by atoms with Crippen molar-refractivity contribution in [2.45, 2.75) is 18.7 Å². The van der Waals surface area contributed by atoms with Crippen molar-refractivity contribution in [1.82, 2.24) is 9.78 Å². The smallest absolute Gasteiger partial charge is 0.280 e. The van der Waals surface area contributed by atoms with E-state index in [1.807, 2.05) is 49.6 Å². The van der Waals surface area contributed by atoms with Crippen LogP contribution in [0.25, 0.3) is 5.69 Å². The lowest BCUT2D eigenvalue weighted by Gasteiger charge is -2.04. The normalized spacial score (nSPS) is 11.1. The molecular formula is C19H14Br2N4OS. The minimum atomic E-state index is -0.161. The van der Waals surface area contributed by atoms with Crippen molar-refractivity contribution in [2.24, 2.45) is 4.99 Å². The molecule has 1 N–H and O–H groups in total. The van der Waals surface area contributed by atoms with E-state index in [2.05, 4.69) is 42.0 Å². The van der Waals surface area contributed by atoms with Crippen molar-refractivity contribution in [3.8, 4) is 11.1 Å². The molecule has 0 spiro atoms. The monoisotopic (exact) mass is 504 g/mol. The van der Waals surface area contributed by atoms with Crippen LogP contribution >= 0.6 is 43.6 Å². The Morgan fingerprint density at radius 3 is 2.63 bits per heavy atom. The summed E-state index contributed by atoms with van der Waals surface area (Å²) in [6.07, 6.45) is 1.56. The van der Waals surface area contributed by atoms with E-state index in [1.165, 1.54) is 4.68 Å². The van der Waals surface area contributed by atoms with Crippen LogP contribution in [0.5, 0.6) is 0 Å². The number of benzene rings is 2. The molecule has 0 amide bonds. The molecule has 5 nitrogen and oxygen atoms in total. The van der Waals surface area contributed by atoms with Crippen molar-refractivity contribution < 1.29 is 0 Å². The number of rotatable bonds is 4. The number of nitriles is 1. The van der Waals surface area contributed by atoms with E-state index in [1.54, 1.807) is 12.3 Å². The molecule has 3 aromatic rings. The number of aromatic nitrogens is 2. The molecular weight excluding hydrogens is 492 g/mol. The second-order valence-electron chi connectivity index (χ2n) is 5.79. The quantitative estimate of drug-likeness (QED) is 0.283. The molecule has 0 radical (unpaired) electrons. The Balaban J connectivity index is 1.96. The molecule has 1 heterocycles. The van der Waals surface area contributed by atoms with Crippen LogP contribution in [-0.4, -0.2) is 16.0 Å². The molecule has 0 saturated carbocycles. The fourth-order valence-corrected chi connectivity index (χ4v) is 3.80. The van der Waals surface area contributed by atoms with Gasteiger partial charge in [-0.1, -0.05) is 15.9 Å². The summed E-state index contributed by atoms with van der Waals surface area (Å²) >= 11 is 8.00. The maximum atomic E-state index is 12.8. The number of thiocyanates is 1. The number of hydrogen-bond donors (Lipinski definition) is 1. The average molecular weight is 506 g/mol. The van der Waals surface area contributed by atoms with Crippen LogP contribution < -0.4 is 5.56 Å². The minimum Gasteiger partial charge on any atom is -0.295 e. The van der Waals surface area contributed by atoms with Gasteiger partial charge >= 0.3 is 0 Å². The Morgan fingerprint density at radius 2 is 1.96 bits per heavy atom. The molecule has 0 unspecified atom stereocenters. The predicted molar refractivity (Wildman–Crippen MR) is 116 cm³/mol.